The topological polar surface area (TPSA) is 29.1 Å². The Morgan fingerprint density at radius 2 is 2.00 bits per heavy atom. The van der Waals surface area contributed by atoms with E-state index in [1.807, 2.05) is 12.1 Å². The Morgan fingerprint density at radius 3 is 2.65 bits per heavy atom. The minimum atomic E-state index is -0.361. The van der Waals surface area contributed by atoms with E-state index in [0.717, 1.165) is 30.0 Å². The molecule has 2 heterocycles. The number of benzene rings is 1. The van der Waals surface area contributed by atoms with Crippen molar-refractivity contribution in [2.45, 2.75) is 11.8 Å². The van der Waals surface area contributed by atoms with Crippen molar-refractivity contribution in [3.05, 3.63) is 47.5 Å². The van der Waals surface area contributed by atoms with Gasteiger partial charge in [-0.15, -0.1) is 22.9 Å². The number of rotatable bonds is 2. The van der Waals surface area contributed by atoms with Crippen molar-refractivity contribution >= 4 is 78.0 Å². The summed E-state index contributed by atoms with van der Waals surface area (Å²) in [6.45, 7) is 0. The van der Waals surface area contributed by atoms with Crippen molar-refractivity contribution in [3.8, 4) is 0 Å². The largest absolute Gasteiger partial charge is 0.325 e. The first-order valence-corrected chi connectivity index (χ1v) is 8.88. The number of amides is 1. The van der Waals surface area contributed by atoms with E-state index in [0.29, 0.717) is 11.4 Å². The molecule has 2 nitrogen and oxygen atoms in total. The van der Waals surface area contributed by atoms with Crippen molar-refractivity contribution in [1.82, 2.24) is 0 Å². The lowest BCUT2D eigenvalue weighted by Gasteiger charge is -2.13. The fourth-order valence-corrected chi connectivity index (χ4v) is 5.93. The molecule has 0 bridgehead atoms. The number of anilines is 1. The average Bonchev–Trinajstić information content (AvgIpc) is 2.88. The van der Waals surface area contributed by atoms with E-state index in [1.54, 1.807) is 17.4 Å². The second kappa shape index (κ2) is 5.61. The fourth-order valence-electron chi connectivity index (χ4n) is 2.15. The summed E-state index contributed by atoms with van der Waals surface area (Å²) in [6.07, 6.45) is 0.373. The number of fused-ring (bicyclic) bond motifs is 1. The Balaban J connectivity index is 2.04. The highest BCUT2D eigenvalue weighted by molar-refractivity contribution is 9.12. The summed E-state index contributed by atoms with van der Waals surface area (Å²) in [7, 11) is 0. The van der Waals surface area contributed by atoms with E-state index in [-0.39, 0.29) is 11.3 Å². The molecular formula is C13H7Br2Cl2NOS. The highest BCUT2D eigenvalue weighted by atomic mass is 79.9. The molecule has 20 heavy (non-hydrogen) atoms. The van der Waals surface area contributed by atoms with E-state index in [1.165, 1.54) is 0 Å². The Kier molecular flexibility index (Phi) is 4.17. The summed E-state index contributed by atoms with van der Waals surface area (Å²) >= 11 is 21.4. The van der Waals surface area contributed by atoms with Crippen LogP contribution in [0.3, 0.4) is 0 Å². The third kappa shape index (κ3) is 2.66. The van der Waals surface area contributed by atoms with Crippen LogP contribution in [-0.4, -0.2) is 5.91 Å². The highest BCUT2D eigenvalue weighted by Gasteiger charge is 2.24. The molecule has 1 amide bonds. The predicted octanol–water partition coefficient (Wildman–Crippen LogP) is 5.75. The lowest BCUT2D eigenvalue weighted by molar-refractivity contribution is -0.115. The molecule has 3 rings (SSSR count). The Labute approximate surface area is 146 Å². The number of hydrogen-bond donors (Lipinski definition) is 1. The number of carbonyl (C=O) groups excluding carboxylic acids is 1. The summed E-state index contributed by atoms with van der Waals surface area (Å²) in [5.74, 6) is -0.0150. The number of carbonyl (C=O) groups is 1. The molecule has 2 aromatic rings. The van der Waals surface area contributed by atoms with Crippen molar-refractivity contribution < 1.29 is 4.79 Å². The fraction of sp³-hybridized carbons (Fsp3) is 0.154. The number of nitrogens with one attached hydrogen (secondary N) is 1. The van der Waals surface area contributed by atoms with Crippen LogP contribution in [0.25, 0.3) is 0 Å². The van der Waals surface area contributed by atoms with Gasteiger partial charge >= 0.3 is 0 Å². The minimum absolute atomic E-state index is 0.0150. The molecular weight excluding hydrogens is 449 g/mol. The van der Waals surface area contributed by atoms with Crippen LogP contribution in [0.4, 0.5) is 5.69 Å². The number of hydrogen-bond acceptors (Lipinski definition) is 2. The monoisotopic (exact) mass is 453 g/mol. The molecule has 1 aromatic carbocycles. The van der Waals surface area contributed by atoms with Crippen LogP contribution in [0, 0.1) is 0 Å². The SMILES string of the molecule is O=C1Cc2cc(C(Cl)c3cc(Br)sc3Br)c(Cl)cc2N1. The minimum Gasteiger partial charge on any atom is -0.325 e. The second-order valence-corrected chi connectivity index (χ2v) is 8.99. The first-order chi connectivity index (χ1) is 9.45. The van der Waals surface area contributed by atoms with Gasteiger partial charge < -0.3 is 5.32 Å². The van der Waals surface area contributed by atoms with Crippen LogP contribution in [-0.2, 0) is 11.2 Å². The van der Waals surface area contributed by atoms with Gasteiger partial charge in [0.1, 0.15) is 0 Å². The normalized spacial score (nSPS) is 15.1. The molecule has 0 radical (unpaired) electrons. The highest BCUT2D eigenvalue weighted by Crippen LogP contribution is 2.44. The van der Waals surface area contributed by atoms with Crippen LogP contribution >= 0.6 is 66.4 Å². The van der Waals surface area contributed by atoms with Crippen LogP contribution in [0.5, 0.6) is 0 Å². The van der Waals surface area contributed by atoms with Gasteiger partial charge in [0.05, 0.1) is 19.4 Å². The summed E-state index contributed by atoms with van der Waals surface area (Å²) in [5.41, 5.74) is 3.49. The molecule has 1 atom stereocenters. The van der Waals surface area contributed by atoms with Crippen LogP contribution in [0.1, 0.15) is 22.1 Å². The summed E-state index contributed by atoms with van der Waals surface area (Å²) in [4.78, 5) is 11.4. The van der Waals surface area contributed by atoms with Gasteiger partial charge in [-0.3, -0.25) is 4.79 Å². The Morgan fingerprint density at radius 1 is 1.25 bits per heavy atom. The smallest absolute Gasteiger partial charge is 0.228 e. The van der Waals surface area contributed by atoms with Gasteiger partial charge in [-0.1, -0.05) is 11.6 Å². The van der Waals surface area contributed by atoms with Crippen LogP contribution < -0.4 is 5.32 Å². The zero-order chi connectivity index (χ0) is 14.4. The first kappa shape index (κ1) is 14.9. The number of thiophene rings is 1. The third-order valence-corrected chi connectivity index (χ3v) is 6.26. The van der Waals surface area contributed by atoms with Crippen molar-refractivity contribution in [1.29, 1.82) is 0 Å². The van der Waals surface area contributed by atoms with Gasteiger partial charge in [0.15, 0.2) is 0 Å². The Hall–Kier alpha value is -0.0700. The summed E-state index contributed by atoms with van der Waals surface area (Å²) in [5, 5.41) is 2.97. The molecule has 104 valence electrons. The first-order valence-electron chi connectivity index (χ1n) is 5.66. The maximum atomic E-state index is 11.4. The van der Waals surface area contributed by atoms with E-state index in [2.05, 4.69) is 37.2 Å². The van der Waals surface area contributed by atoms with Gasteiger partial charge in [-0.2, -0.15) is 0 Å². The molecule has 0 spiro atoms. The second-order valence-electron chi connectivity index (χ2n) is 4.40. The lowest BCUT2D eigenvalue weighted by Crippen LogP contribution is -2.03. The number of alkyl halides is 1. The summed E-state index contributed by atoms with van der Waals surface area (Å²) < 4.78 is 1.97. The maximum Gasteiger partial charge on any atom is 0.228 e. The molecule has 0 aliphatic carbocycles. The van der Waals surface area contributed by atoms with Crippen molar-refractivity contribution in [2.75, 3.05) is 5.32 Å². The molecule has 0 fully saturated rings. The van der Waals surface area contributed by atoms with E-state index in [9.17, 15) is 4.79 Å². The standard InChI is InChI=1S/C13H7Br2Cl2NOS/c14-10-3-7(13(15)20-10)12(17)6-1-5-2-11(19)18-9(5)4-8(6)16/h1,3-4,12H,2H2,(H,18,19). The van der Waals surface area contributed by atoms with Crippen LogP contribution in [0.2, 0.25) is 5.02 Å². The molecule has 1 aliphatic rings. The quantitative estimate of drug-likeness (QED) is 0.574. The molecule has 0 saturated carbocycles. The predicted molar refractivity (Wildman–Crippen MR) is 91.2 cm³/mol. The molecule has 1 aromatic heterocycles. The van der Waals surface area contributed by atoms with Gasteiger partial charge in [0.25, 0.3) is 0 Å². The Bertz CT molecular complexity index is 717. The molecule has 1 unspecified atom stereocenters. The van der Waals surface area contributed by atoms with Gasteiger partial charge in [0, 0.05) is 16.3 Å². The van der Waals surface area contributed by atoms with Crippen molar-refractivity contribution in [2.24, 2.45) is 0 Å². The zero-order valence-electron chi connectivity index (χ0n) is 9.84. The van der Waals surface area contributed by atoms with Crippen molar-refractivity contribution in [3.63, 3.8) is 0 Å². The van der Waals surface area contributed by atoms with E-state index in [4.69, 9.17) is 23.2 Å². The van der Waals surface area contributed by atoms with E-state index >= 15 is 0 Å². The van der Waals surface area contributed by atoms with Gasteiger partial charge in [-0.05, 0) is 61.2 Å². The molecule has 0 saturated heterocycles. The third-order valence-electron chi connectivity index (χ3n) is 3.08. The maximum absolute atomic E-state index is 11.4. The zero-order valence-corrected chi connectivity index (χ0v) is 15.3. The number of halogens is 4. The molecule has 1 N–H and O–H groups in total. The molecule has 1 aliphatic heterocycles. The van der Waals surface area contributed by atoms with Gasteiger partial charge in [0.2, 0.25) is 5.91 Å². The van der Waals surface area contributed by atoms with Crippen LogP contribution in [0.15, 0.2) is 25.8 Å². The summed E-state index contributed by atoms with van der Waals surface area (Å²) in [6, 6.07) is 5.65. The average molecular weight is 456 g/mol. The molecule has 7 heteroatoms. The lowest BCUT2D eigenvalue weighted by atomic mass is 10.0. The van der Waals surface area contributed by atoms with E-state index < -0.39 is 0 Å². The van der Waals surface area contributed by atoms with Gasteiger partial charge in [-0.25, -0.2) is 0 Å².